The van der Waals surface area contributed by atoms with Crippen molar-refractivity contribution in [3.63, 3.8) is 0 Å². The number of aromatic nitrogens is 4. The van der Waals surface area contributed by atoms with Gasteiger partial charge in [0.15, 0.2) is 5.65 Å². The van der Waals surface area contributed by atoms with Gasteiger partial charge >= 0.3 is 0 Å². The summed E-state index contributed by atoms with van der Waals surface area (Å²) in [5.41, 5.74) is 7.20. The maximum atomic E-state index is 13.6. The molecule has 2 atom stereocenters. The van der Waals surface area contributed by atoms with Gasteiger partial charge in [0.1, 0.15) is 17.5 Å². The van der Waals surface area contributed by atoms with Crippen molar-refractivity contribution in [3.8, 4) is 5.69 Å². The van der Waals surface area contributed by atoms with Crippen LogP contribution in [-0.2, 0) is 0 Å². The second-order valence-corrected chi connectivity index (χ2v) is 6.71. The van der Waals surface area contributed by atoms with E-state index in [2.05, 4.69) is 26.9 Å². The summed E-state index contributed by atoms with van der Waals surface area (Å²) in [6.07, 6.45) is 2.82. The van der Waals surface area contributed by atoms with Crippen LogP contribution in [0.5, 0.6) is 0 Å². The summed E-state index contributed by atoms with van der Waals surface area (Å²) in [6, 6.07) is 6.71. The molecule has 0 aliphatic carbocycles. The van der Waals surface area contributed by atoms with Crippen molar-refractivity contribution in [2.45, 2.75) is 26.3 Å². The number of nitrogens with zero attached hydrogens (tertiary/aromatic N) is 5. The van der Waals surface area contributed by atoms with Crippen LogP contribution in [0.4, 0.5) is 10.2 Å². The molecular weight excluding hydrogens is 319 g/mol. The maximum Gasteiger partial charge on any atom is 0.168 e. The summed E-state index contributed by atoms with van der Waals surface area (Å²) in [7, 11) is 0. The Balaban J connectivity index is 1.85. The highest BCUT2D eigenvalue weighted by Gasteiger charge is 2.31. The zero-order chi connectivity index (χ0) is 17.6. The van der Waals surface area contributed by atoms with E-state index in [0.29, 0.717) is 35.7 Å². The minimum Gasteiger partial charge on any atom is -0.353 e. The van der Waals surface area contributed by atoms with Gasteiger partial charge in [-0.25, -0.2) is 19.0 Å². The highest BCUT2D eigenvalue weighted by atomic mass is 19.1. The molecule has 0 bridgehead atoms. The summed E-state index contributed by atoms with van der Waals surface area (Å²) in [5.74, 6) is 1.72. The highest BCUT2D eigenvalue weighted by molar-refractivity contribution is 5.88. The molecule has 1 aliphatic heterocycles. The number of halogens is 1. The molecular formula is C18H21FN6. The smallest absolute Gasteiger partial charge is 0.168 e. The molecule has 3 aromatic rings. The summed E-state index contributed by atoms with van der Waals surface area (Å²) < 4.78 is 15.3. The van der Waals surface area contributed by atoms with Crippen molar-refractivity contribution in [1.29, 1.82) is 0 Å². The third kappa shape index (κ3) is 2.74. The van der Waals surface area contributed by atoms with E-state index in [0.717, 1.165) is 24.2 Å². The number of rotatable bonds is 3. The van der Waals surface area contributed by atoms with Crippen LogP contribution in [0.2, 0.25) is 0 Å². The van der Waals surface area contributed by atoms with Crippen LogP contribution in [-0.4, -0.2) is 38.9 Å². The minimum atomic E-state index is -0.300. The molecule has 0 radical (unpaired) electrons. The topological polar surface area (TPSA) is 72.9 Å². The van der Waals surface area contributed by atoms with Crippen LogP contribution in [0.15, 0.2) is 30.5 Å². The Morgan fingerprint density at radius 3 is 2.88 bits per heavy atom. The van der Waals surface area contributed by atoms with Gasteiger partial charge in [-0.3, -0.25) is 0 Å². The number of fused-ring (bicyclic) bond motifs is 1. The Hall–Kier alpha value is -2.54. The second-order valence-electron chi connectivity index (χ2n) is 6.71. The first-order valence-electron chi connectivity index (χ1n) is 8.52. The Kier molecular flexibility index (Phi) is 3.88. The molecule has 130 valence electrons. The van der Waals surface area contributed by atoms with Gasteiger partial charge in [0, 0.05) is 12.6 Å². The maximum absolute atomic E-state index is 13.6. The molecule has 0 amide bonds. The number of anilines is 1. The molecule has 1 aromatic carbocycles. The van der Waals surface area contributed by atoms with Crippen LogP contribution in [0, 0.1) is 18.7 Å². The van der Waals surface area contributed by atoms with Crippen LogP contribution in [0.3, 0.4) is 0 Å². The van der Waals surface area contributed by atoms with Gasteiger partial charge < -0.3 is 10.6 Å². The number of hydrogen-bond acceptors (Lipinski definition) is 5. The van der Waals surface area contributed by atoms with Gasteiger partial charge in [-0.15, -0.1) is 0 Å². The van der Waals surface area contributed by atoms with Crippen molar-refractivity contribution < 1.29 is 4.39 Å². The highest BCUT2D eigenvalue weighted by Crippen LogP contribution is 2.32. The van der Waals surface area contributed by atoms with E-state index in [9.17, 15) is 4.39 Å². The summed E-state index contributed by atoms with van der Waals surface area (Å²) in [5, 5.41) is 5.31. The van der Waals surface area contributed by atoms with E-state index in [1.54, 1.807) is 16.9 Å². The van der Waals surface area contributed by atoms with Crippen LogP contribution < -0.4 is 10.6 Å². The van der Waals surface area contributed by atoms with Gasteiger partial charge in [0.25, 0.3) is 0 Å². The fourth-order valence-corrected chi connectivity index (χ4v) is 3.62. The van der Waals surface area contributed by atoms with E-state index >= 15 is 0 Å². The van der Waals surface area contributed by atoms with Crippen molar-refractivity contribution >= 4 is 16.9 Å². The lowest BCUT2D eigenvalue weighted by atomic mass is 10.1. The fraction of sp³-hybridized carbons (Fsp3) is 0.389. The van der Waals surface area contributed by atoms with E-state index < -0.39 is 0 Å². The standard InChI is InChI=1S/C18H21FN6/c1-11-6-13(8-20)10-24(11)17-16-9-21-25(18(16)23-12(2)22-17)15-5-3-4-14(19)7-15/h3-5,7,9,11,13H,6,8,10,20H2,1-2H3. The molecule has 1 saturated heterocycles. The zero-order valence-electron chi connectivity index (χ0n) is 14.4. The lowest BCUT2D eigenvalue weighted by molar-refractivity contribution is 0.579. The Morgan fingerprint density at radius 1 is 1.32 bits per heavy atom. The molecule has 4 rings (SSSR count). The monoisotopic (exact) mass is 340 g/mol. The fourth-order valence-electron chi connectivity index (χ4n) is 3.62. The molecule has 3 heterocycles. The van der Waals surface area contributed by atoms with Crippen LogP contribution in [0.25, 0.3) is 16.7 Å². The zero-order valence-corrected chi connectivity index (χ0v) is 14.4. The summed E-state index contributed by atoms with van der Waals surface area (Å²) >= 11 is 0. The number of hydrogen-bond donors (Lipinski definition) is 1. The first kappa shape index (κ1) is 16.0. The lowest BCUT2D eigenvalue weighted by Gasteiger charge is -2.23. The quantitative estimate of drug-likeness (QED) is 0.793. The Morgan fingerprint density at radius 2 is 2.16 bits per heavy atom. The predicted octanol–water partition coefficient (Wildman–Crippen LogP) is 2.44. The van der Waals surface area contributed by atoms with Crippen molar-refractivity contribution in [2.75, 3.05) is 18.0 Å². The van der Waals surface area contributed by atoms with Gasteiger partial charge in [-0.2, -0.15) is 5.10 Å². The number of nitrogens with two attached hydrogens (primary N) is 1. The summed E-state index contributed by atoms with van der Waals surface area (Å²) in [4.78, 5) is 11.5. The molecule has 25 heavy (non-hydrogen) atoms. The van der Waals surface area contributed by atoms with Gasteiger partial charge in [0.05, 0.1) is 17.3 Å². The molecule has 2 N–H and O–H groups in total. The van der Waals surface area contributed by atoms with Gasteiger partial charge in [-0.1, -0.05) is 6.07 Å². The van der Waals surface area contributed by atoms with Gasteiger partial charge in [0.2, 0.25) is 0 Å². The van der Waals surface area contributed by atoms with E-state index in [4.69, 9.17) is 5.73 Å². The third-order valence-electron chi connectivity index (χ3n) is 4.84. The third-order valence-corrected chi connectivity index (χ3v) is 4.84. The normalized spacial score (nSPS) is 20.6. The average molecular weight is 340 g/mol. The van der Waals surface area contributed by atoms with Gasteiger partial charge in [-0.05, 0) is 50.9 Å². The second kappa shape index (κ2) is 6.07. The lowest BCUT2D eigenvalue weighted by Crippen LogP contribution is -2.29. The molecule has 1 aliphatic rings. The SMILES string of the molecule is Cc1nc(N2CC(CN)CC2C)c2cnn(-c3cccc(F)c3)c2n1. The Bertz CT molecular complexity index is 921. The number of benzene rings is 1. The molecule has 1 fully saturated rings. The van der Waals surface area contributed by atoms with Crippen molar-refractivity contribution in [3.05, 3.63) is 42.1 Å². The molecule has 0 saturated carbocycles. The molecule has 6 nitrogen and oxygen atoms in total. The molecule has 2 unspecified atom stereocenters. The minimum absolute atomic E-state index is 0.300. The first-order chi connectivity index (χ1) is 12.1. The van der Waals surface area contributed by atoms with Crippen LogP contribution >= 0.6 is 0 Å². The molecule has 0 spiro atoms. The van der Waals surface area contributed by atoms with Crippen molar-refractivity contribution in [1.82, 2.24) is 19.7 Å². The van der Waals surface area contributed by atoms with E-state index in [-0.39, 0.29) is 5.82 Å². The predicted molar refractivity (Wildman–Crippen MR) is 95.3 cm³/mol. The largest absolute Gasteiger partial charge is 0.353 e. The van der Waals surface area contributed by atoms with E-state index in [1.807, 2.05) is 13.0 Å². The van der Waals surface area contributed by atoms with Crippen molar-refractivity contribution in [2.24, 2.45) is 11.7 Å². The number of aryl methyl sites for hydroxylation is 1. The summed E-state index contributed by atoms with van der Waals surface area (Å²) in [6.45, 7) is 5.62. The van der Waals surface area contributed by atoms with Crippen LogP contribution in [0.1, 0.15) is 19.2 Å². The molecule has 2 aromatic heterocycles. The molecule has 7 heteroatoms. The first-order valence-corrected chi connectivity index (χ1v) is 8.52. The Labute approximate surface area is 145 Å². The average Bonchev–Trinajstić information content (AvgIpc) is 3.17. The van der Waals surface area contributed by atoms with E-state index in [1.165, 1.54) is 12.1 Å².